The second kappa shape index (κ2) is 4.79. The van der Waals surface area contributed by atoms with Gasteiger partial charge in [-0.1, -0.05) is 0 Å². The molecule has 0 unspecified atom stereocenters. The summed E-state index contributed by atoms with van der Waals surface area (Å²) in [6.07, 6.45) is 2.71. The van der Waals surface area contributed by atoms with E-state index in [9.17, 15) is 4.79 Å². The van der Waals surface area contributed by atoms with Gasteiger partial charge in [-0.2, -0.15) is 0 Å². The topological polar surface area (TPSA) is 85.2 Å². The van der Waals surface area contributed by atoms with Crippen molar-refractivity contribution in [1.29, 1.82) is 0 Å². The van der Waals surface area contributed by atoms with Crippen LogP contribution in [0.15, 0.2) is 24.5 Å². The Morgan fingerprint density at radius 2 is 1.94 bits per heavy atom. The number of aromatic carboxylic acids is 1. The molecule has 0 atom stereocenters. The number of hydrogen-bond donors (Lipinski definition) is 1. The molecule has 0 aliphatic heterocycles. The third-order valence-electron chi connectivity index (χ3n) is 2.18. The number of carboxylic acids is 1. The lowest BCUT2D eigenvalue weighted by Gasteiger charge is -2.07. The molecule has 2 aromatic rings. The van der Waals surface area contributed by atoms with E-state index in [1.54, 1.807) is 6.07 Å². The molecule has 18 heavy (non-hydrogen) atoms. The summed E-state index contributed by atoms with van der Waals surface area (Å²) >= 11 is 0. The van der Waals surface area contributed by atoms with Crippen molar-refractivity contribution in [2.24, 2.45) is 0 Å². The molecule has 0 aliphatic carbocycles. The molecular weight excluding hydrogens is 234 g/mol. The van der Waals surface area contributed by atoms with Crippen LogP contribution in [0.4, 0.5) is 0 Å². The van der Waals surface area contributed by atoms with Crippen molar-refractivity contribution in [3.8, 4) is 11.8 Å². The number of carbonyl (C=O) groups is 1. The molecule has 2 rings (SSSR count). The van der Waals surface area contributed by atoms with Crippen LogP contribution in [0.25, 0.3) is 0 Å². The highest BCUT2D eigenvalue weighted by molar-refractivity contribution is 5.90. The summed E-state index contributed by atoms with van der Waals surface area (Å²) in [5.41, 5.74) is 1.52. The van der Waals surface area contributed by atoms with Crippen LogP contribution in [0, 0.1) is 13.8 Å². The normalized spacial score (nSPS) is 10.1. The number of carboxylic acid groups (broad SMARTS) is 1. The van der Waals surface area contributed by atoms with Gasteiger partial charge >= 0.3 is 12.0 Å². The highest BCUT2D eigenvalue weighted by atomic mass is 16.5. The summed E-state index contributed by atoms with van der Waals surface area (Å²) in [5, 5.41) is 9.00. The second-order valence-corrected chi connectivity index (χ2v) is 3.71. The molecular formula is C12H11N3O3. The lowest BCUT2D eigenvalue weighted by atomic mass is 10.2. The van der Waals surface area contributed by atoms with Crippen molar-refractivity contribution in [2.75, 3.05) is 0 Å². The van der Waals surface area contributed by atoms with E-state index in [1.165, 1.54) is 18.5 Å². The maximum atomic E-state index is 11.0. The number of pyridine rings is 1. The summed E-state index contributed by atoms with van der Waals surface area (Å²) in [7, 11) is 0. The SMILES string of the molecule is Cc1cc(C)nc(Oc2cnccc2C(=O)O)n1. The average Bonchev–Trinajstić information content (AvgIpc) is 2.27. The van der Waals surface area contributed by atoms with Gasteiger partial charge < -0.3 is 9.84 Å². The Labute approximate surface area is 103 Å². The molecule has 6 nitrogen and oxygen atoms in total. The summed E-state index contributed by atoms with van der Waals surface area (Å²) in [5.74, 6) is -0.966. The molecule has 92 valence electrons. The first-order valence-electron chi connectivity index (χ1n) is 5.23. The lowest BCUT2D eigenvalue weighted by Crippen LogP contribution is -2.02. The van der Waals surface area contributed by atoms with E-state index in [4.69, 9.17) is 9.84 Å². The Bertz CT molecular complexity index is 579. The summed E-state index contributed by atoms with van der Waals surface area (Å²) in [6.45, 7) is 3.62. The number of nitrogens with zero attached hydrogens (tertiary/aromatic N) is 3. The molecule has 2 heterocycles. The maximum Gasteiger partial charge on any atom is 0.339 e. The molecule has 0 aromatic carbocycles. The van der Waals surface area contributed by atoms with Gasteiger partial charge in [-0.3, -0.25) is 4.98 Å². The fourth-order valence-corrected chi connectivity index (χ4v) is 1.48. The first-order chi connectivity index (χ1) is 8.56. The standard InChI is InChI=1S/C12H11N3O3/c1-7-5-8(2)15-12(14-7)18-10-6-13-4-3-9(10)11(16)17/h3-6H,1-2H3,(H,16,17). The zero-order valence-corrected chi connectivity index (χ0v) is 9.91. The second-order valence-electron chi connectivity index (χ2n) is 3.71. The largest absolute Gasteiger partial charge is 0.478 e. The van der Waals surface area contributed by atoms with Gasteiger partial charge in [-0.05, 0) is 26.0 Å². The minimum Gasteiger partial charge on any atom is -0.478 e. The predicted octanol–water partition coefficient (Wildman–Crippen LogP) is 1.98. The minimum atomic E-state index is -1.09. The van der Waals surface area contributed by atoms with Crippen LogP contribution < -0.4 is 4.74 Å². The van der Waals surface area contributed by atoms with Crippen LogP contribution in [0.2, 0.25) is 0 Å². The van der Waals surface area contributed by atoms with E-state index in [-0.39, 0.29) is 17.3 Å². The quantitative estimate of drug-likeness (QED) is 0.889. The number of rotatable bonds is 3. The van der Waals surface area contributed by atoms with Crippen molar-refractivity contribution >= 4 is 5.97 Å². The molecule has 0 saturated carbocycles. The van der Waals surface area contributed by atoms with Crippen LogP contribution in [-0.4, -0.2) is 26.0 Å². The molecule has 2 aromatic heterocycles. The third-order valence-corrected chi connectivity index (χ3v) is 2.18. The van der Waals surface area contributed by atoms with Crippen molar-refractivity contribution in [1.82, 2.24) is 15.0 Å². The molecule has 0 saturated heterocycles. The summed E-state index contributed by atoms with van der Waals surface area (Å²) in [4.78, 5) is 23.0. The highest BCUT2D eigenvalue weighted by Gasteiger charge is 2.13. The molecule has 0 aliphatic rings. The molecule has 0 bridgehead atoms. The van der Waals surface area contributed by atoms with E-state index in [1.807, 2.05) is 13.8 Å². The highest BCUT2D eigenvalue weighted by Crippen LogP contribution is 2.21. The summed E-state index contributed by atoms with van der Waals surface area (Å²) in [6, 6.07) is 3.28. The van der Waals surface area contributed by atoms with Gasteiger partial charge in [0.1, 0.15) is 5.56 Å². The van der Waals surface area contributed by atoms with Crippen LogP contribution in [-0.2, 0) is 0 Å². The zero-order chi connectivity index (χ0) is 13.1. The van der Waals surface area contributed by atoms with Crippen LogP contribution in [0.1, 0.15) is 21.7 Å². The van der Waals surface area contributed by atoms with Gasteiger partial charge in [-0.15, -0.1) is 0 Å². The minimum absolute atomic E-state index is 0.0211. The molecule has 0 radical (unpaired) electrons. The summed E-state index contributed by atoms with van der Waals surface area (Å²) < 4.78 is 5.37. The van der Waals surface area contributed by atoms with E-state index in [2.05, 4.69) is 15.0 Å². The first kappa shape index (κ1) is 12.0. The fourth-order valence-electron chi connectivity index (χ4n) is 1.48. The zero-order valence-electron chi connectivity index (χ0n) is 9.91. The van der Waals surface area contributed by atoms with Crippen molar-refractivity contribution in [3.63, 3.8) is 0 Å². The van der Waals surface area contributed by atoms with Crippen molar-refractivity contribution in [3.05, 3.63) is 41.5 Å². The Morgan fingerprint density at radius 1 is 1.28 bits per heavy atom. The van der Waals surface area contributed by atoms with Gasteiger partial charge in [0.25, 0.3) is 0 Å². The predicted molar refractivity (Wildman–Crippen MR) is 62.8 cm³/mol. The van der Waals surface area contributed by atoms with Gasteiger partial charge in [0, 0.05) is 17.6 Å². The Morgan fingerprint density at radius 3 is 2.56 bits per heavy atom. The molecule has 0 fully saturated rings. The monoisotopic (exact) mass is 245 g/mol. The van der Waals surface area contributed by atoms with Gasteiger partial charge in [0.2, 0.25) is 0 Å². The van der Waals surface area contributed by atoms with E-state index in [0.29, 0.717) is 0 Å². The number of aryl methyl sites for hydroxylation is 2. The Kier molecular flexibility index (Phi) is 3.18. The average molecular weight is 245 g/mol. The maximum absolute atomic E-state index is 11.0. The van der Waals surface area contributed by atoms with Gasteiger partial charge in [-0.25, -0.2) is 14.8 Å². The third kappa shape index (κ3) is 2.60. The number of ether oxygens (including phenoxy) is 1. The molecule has 0 amide bonds. The molecule has 0 spiro atoms. The van der Waals surface area contributed by atoms with E-state index < -0.39 is 5.97 Å². The van der Waals surface area contributed by atoms with Crippen LogP contribution in [0.5, 0.6) is 11.8 Å². The van der Waals surface area contributed by atoms with Crippen LogP contribution in [0.3, 0.4) is 0 Å². The fraction of sp³-hybridized carbons (Fsp3) is 0.167. The van der Waals surface area contributed by atoms with Gasteiger partial charge in [0.15, 0.2) is 5.75 Å². The number of aromatic nitrogens is 3. The smallest absolute Gasteiger partial charge is 0.339 e. The Hall–Kier alpha value is -2.50. The molecule has 1 N–H and O–H groups in total. The lowest BCUT2D eigenvalue weighted by molar-refractivity contribution is 0.0694. The van der Waals surface area contributed by atoms with Crippen molar-refractivity contribution in [2.45, 2.75) is 13.8 Å². The Balaban J connectivity index is 2.37. The number of hydrogen-bond acceptors (Lipinski definition) is 5. The molecule has 6 heteroatoms. The van der Waals surface area contributed by atoms with Gasteiger partial charge in [0.05, 0.1) is 6.20 Å². The van der Waals surface area contributed by atoms with Crippen LogP contribution >= 0.6 is 0 Å². The first-order valence-corrected chi connectivity index (χ1v) is 5.23. The van der Waals surface area contributed by atoms with E-state index >= 15 is 0 Å². The van der Waals surface area contributed by atoms with E-state index in [0.717, 1.165) is 11.4 Å². The van der Waals surface area contributed by atoms with Crippen molar-refractivity contribution < 1.29 is 14.6 Å².